The van der Waals surface area contributed by atoms with Gasteiger partial charge in [0.1, 0.15) is 0 Å². The Balaban J connectivity index is 1.68. The molecule has 0 saturated carbocycles. The van der Waals surface area contributed by atoms with E-state index in [4.69, 9.17) is 4.42 Å². The van der Waals surface area contributed by atoms with Crippen molar-refractivity contribution < 1.29 is 4.42 Å². The van der Waals surface area contributed by atoms with Gasteiger partial charge >= 0.3 is 0 Å². The summed E-state index contributed by atoms with van der Waals surface area (Å²) in [6.07, 6.45) is 4.69. The molecule has 0 bridgehead atoms. The molecule has 0 amide bonds. The van der Waals surface area contributed by atoms with Gasteiger partial charge in [0.15, 0.2) is 0 Å². The molecule has 1 aromatic carbocycles. The summed E-state index contributed by atoms with van der Waals surface area (Å²) in [6, 6.07) is 8.27. The minimum absolute atomic E-state index is 0.326. The van der Waals surface area contributed by atoms with Gasteiger partial charge in [0, 0.05) is 23.5 Å². The van der Waals surface area contributed by atoms with Crippen molar-refractivity contribution in [3.05, 3.63) is 47.8 Å². The van der Waals surface area contributed by atoms with Crippen LogP contribution in [0.5, 0.6) is 0 Å². The molecule has 122 valence electrons. The number of aromatic amines is 1. The molecular formula is C19H25N3O. The van der Waals surface area contributed by atoms with Crippen LogP contribution in [-0.2, 0) is 12.8 Å². The molecule has 4 heteroatoms. The molecule has 0 aliphatic rings. The number of para-hydroxylation sites is 1. The second-order valence-corrected chi connectivity index (χ2v) is 7.70. The predicted molar refractivity (Wildman–Crippen MR) is 92.3 cm³/mol. The monoisotopic (exact) mass is 311 g/mol. The summed E-state index contributed by atoms with van der Waals surface area (Å²) < 4.78 is 5.85. The maximum atomic E-state index is 5.85. The molecule has 3 aromatic rings. The van der Waals surface area contributed by atoms with Crippen LogP contribution in [0.25, 0.3) is 10.9 Å². The normalized spacial score (nSPS) is 13.6. The van der Waals surface area contributed by atoms with E-state index in [0.717, 1.165) is 24.2 Å². The van der Waals surface area contributed by atoms with Gasteiger partial charge in [-0.15, -0.1) is 10.2 Å². The lowest BCUT2D eigenvalue weighted by molar-refractivity contribution is 0.292. The fourth-order valence-electron chi connectivity index (χ4n) is 3.30. The average Bonchev–Trinajstić information content (AvgIpc) is 3.05. The molecule has 0 aliphatic carbocycles. The van der Waals surface area contributed by atoms with Gasteiger partial charge < -0.3 is 9.40 Å². The van der Waals surface area contributed by atoms with E-state index in [1.807, 2.05) is 18.3 Å². The number of rotatable bonds is 5. The zero-order chi connectivity index (χ0) is 16.4. The molecule has 1 atom stereocenters. The lowest BCUT2D eigenvalue weighted by Gasteiger charge is -2.22. The number of fused-ring (bicyclic) bond motifs is 1. The van der Waals surface area contributed by atoms with Crippen LogP contribution in [0.4, 0.5) is 0 Å². The van der Waals surface area contributed by atoms with Crippen LogP contribution in [0.1, 0.15) is 51.5 Å². The smallest absolute Gasteiger partial charge is 0.221 e. The van der Waals surface area contributed by atoms with Crippen LogP contribution in [0.2, 0.25) is 0 Å². The number of hydrogen-bond acceptors (Lipinski definition) is 3. The molecule has 0 fully saturated rings. The van der Waals surface area contributed by atoms with E-state index >= 15 is 0 Å². The van der Waals surface area contributed by atoms with E-state index < -0.39 is 0 Å². The second kappa shape index (κ2) is 6.19. The largest absolute Gasteiger partial charge is 0.425 e. The Morgan fingerprint density at radius 2 is 1.87 bits per heavy atom. The van der Waals surface area contributed by atoms with Crippen LogP contribution in [0.3, 0.4) is 0 Å². The highest BCUT2D eigenvalue weighted by Gasteiger charge is 2.18. The second-order valence-electron chi connectivity index (χ2n) is 7.70. The van der Waals surface area contributed by atoms with Crippen LogP contribution in [-0.4, -0.2) is 15.2 Å². The van der Waals surface area contributed by atoms with Gasteiger partial charge in [-0.1, -0.05) is 45.9 Å². The molecule has 0 spiro atoms. The maximum Gasteiger partial charge on any atom is 0.221 e. The van der Waals surface area contributed by atoms with E-state index in [1.54, 1.807) is 0 Å². The van der Waals surface area contributed by atoms with Crippen LogP contribution < -0.4 is 0 Å². The summed E-state index contributed by atoms with van der Waals surface area (Å²) in [7, 11) is 0. The van der Waals surface area contributed by atoms with Crippen LogP contribution >= 0.6 is 0 Å². The summed E-state index contributed by atoms with van der Waals surface area (Å²) in [5.74, 6) is 1.97. The molecule has 2 aromatic heterocycles. The highest BCUT2D eigenvalue weighted by atomic mass is 16.4. The first-order valence-corrected chi connectivity index (χ1v) is 8.27. The Morgan fingerprint density at radius 1 is 1.13 bits per heavy atom. The van der Waals surface area contributed by atoms with Crippen molar-refractivity contribution in [3.8, 4) is 0 Å². The molecule has 0 aliphatic heterocycles. The van der Waals surface area contributed by atoms with Gasteiger partial charge in [-0.05, 0) is 29.4 Å². The van der Waals surface area contributed by atoms with Crippen molar-refractivity contribution in [1.82, 2.24) is 15.2 Å². The Bertz CT molecular complexity index is 779. The summed E-state index contributed by atoms with van der Waals surface area (Å²) in [6.45, 7) is 9.04. The fourth-order valence-corrected chi connectivity index (χ4v) is 3.30. The quantitative estimate of drug-likeness (QED) is 0.739. The van der Waals surface area contributed by atoms with E-state index in [-0.39, 0.29) is 0 Å². The molecule has 2 heterocycles. The summed E-state index contributed by atoms with van der Waals surface area (Å²) >= 11 is 0. The SMILES string of the molecule is CC(Cc1nnc(Cc2c[nH]c3ccccc23)o1)CC(C)(C)C. The van der Waals surface area contributed by atoms with Crippen molar-refractivity contribution in [3.63, 3.8) is 0 Å². The lowest BCUT2D eigenvalue weighted by Crippen LogP contribution is -2.12. The van der Waals surface area contributed by atoms with E-state index in [2.05, 4.69) is 55.0 Å². The number of benzene rings is 1. The molecule has 1 unspecified atom stereocenters. The molecule has 4 nitrogen and oxygen atoms in total. The zero-order valence-electron chi connectivity index (χ0n) is 14.4. The minimum atomic E-state index is 0.326. The number of nitrogens with zero attached hydrogens (tertiary/aromatic N) is 2. The third-order valence-corrected chi connectivity index (χ3v) is 4.01. The highest BCUT2D eigenvalue weighted by Crippen LogP contribution is 2.26. The Morgan fingerprint density at radius 3 is 2.65 bits per heavy atom. The Kier molecular flexibility index (Phi) is 4.24. The van der Waals surface area contributed by atoms with Crippen LogP contribution in [0, 0.1) is 11.3 Å². The molecule has 1 N–H and O–H groups in total. The molecule has 0 saturated heterocycles. The average molecular weight is 311 g/mol. The molecule has 23 heavy (non-hydrogen) atoms. The van der Waals surface area contributed by atoms with Gasteiger partial charge in [-0.2, -0.15) is 0 Å². The molecule has 0 radical (unpaired) electrons. The summed E-state index contributed by atoms with van der Waals surface area (Å²) in [5.41, 5.74) is 2.66. The highest BCUT2D eigenvalue weighted by molar-refractivity contribution is 5.83. The third-order valence-electron chi connectivity index (χ3n) is 4.01. The standard InChI is InChI=1S/C19H25N3O/c1-13(11-19(2,3)4)9-17-21-22-18(23-17)10-14-12-20-16-8-6-5-7-15(14)16/h5-8,12-13,20H,9-11H2,1-4H3. The Labute approximate surface area is 137 Å². The van der Waals surface area contributed by atoms with Crippen molar-refractivity contribution in [1.29, 1.82) is 0 Å². The zero-order valence-corrected chi connectivity index (χ0v) is 14.4. The Hall–Kier alpha value is -2.10. The summed E-state index contributed by atoms with van der Waals surface area (Å²) in [4.78, 5) is 3.28. The topological polar surface area (TPSA) is 54.7 Å². The number of hydrogen-bond donors (Lipinski definition) is 1. The molecular weight excluding hydrogens is 286 g/mol. The van der Waals surface area contributed by atoms with Gasteiger partial charge in [0.05, 0.1) is 6.42 Å². The first-order chi connectivity index (χ1) is 10.9. The summed E-state index contributed by atoms with van der Waals surface area (Å²) in [5, 5.41) is 9.65. The van der Waals surface area contributed by atoms with Crippen molar-refractivity contribution in [2.75, 3.05) is 0 Å². The number of nitrogens with one attached hydrogen (secondary N) is 1. The first kappa shape index (κ1) is 15.8. The fraction of sp³-hybridized carbons (Fsp3) is 0.474. The third kappa shape index (κ3) is 4.01. The number of H-pyrrole nitrogens is 1. The van der Waals surface area contributed by atoms with Gasteiger partial charge in [-0.25, -0.2) is 0 Å². The van der Waals surface area contributed by atoms with Crippen LogP contribution in [0.15, 0.2) is 34.9 Å². The maximum absolute atomic E-state index is 5.85. The molecule has 3 rings (SSSR count). The van der Waals surface area contributed by atoms with Crippen molar-refractivity contribution in [2.24, 2.45) is 11.3 Å². The minimum Gasteiger partial charge on any atom is -0.425 e. The van der Waals surface area contributed by atoms with Crippen molar-refractivity contribution in [2.45, 2.75) is 47.0 Å². The van der Waals surface area contributed by atoms with Gasteiger partial charge in [0.25, 0.3) is 0 Å². The predicted octanol–water partition coefficient (Wildman–Crippen LogP) is 4.76. The van der Waals surface area contributed by atoms with E-state index in [9.17, 15) is 0 Å². The van der Waals surface area contributed by atoms with E-state index in [1.165, 1.54) is 10.9 Å². The van der Waals surface area contributed by atoms with Crippen molar-refractivity contribution >= 4 is 10.9 Å². The lowest BCUT2D eigenvalue weighted by atomic mass is 9.84. The van der Waals surface area contributed by atoms with Gasteiger partial charge in [-0.3, -0.25) is 0 Å². The first-order valence-electron chi connectivity index (χ1n) is 8.27. The number of aromatic nitrogens is 3. The van der Waals surface area contributed by atoms with Gasteiger partial charge in [0.2, 0.25) is 11.8 Å². The van der Waals surface area contributed by atoms with E-state index in [0.29, 0.717) is 23.6 Å².